The third-order valence-corrected chi connectivity index (χ3v) is 2.85. The molecule has 0 saturated heterocycles. The van der Waals surface area contributed by atoms with E-state index in [2.05, 4.69) is 0 Å². The van der Waals surface area contributed by atoms with Gasteiger partial charge in [-0.2, -0.15) is 0 Å². The number of hydrogen-bond donors (Lipinski definition) is 2. The summed E-state index contributed by atoms with van der Waals surface area (Å²) in [5.41, 5.74) is 6.98. The van der Waals surface area contributed by atoms with Gasteiger partial charge in [-0.15, -0.1) is 0 Å². The second kappa shape index (κ2) is 4.11. The maximum atomic E-state index is 10.3. The lowest BCUT2D eigenvalue weighted by Gasteiger charge is -2.31. The van der Waals surface area contributed by atoms with Crippen LogP contribution in [0.25, 0.3) is 0 Å². The van der Waals surface area contributed by atoms with Gasteiger partial charge in [-0.25, -0.2) is 0 Å². The molecule has 0 spiro atoms. The van der Waals surface area contributed by atoms with Crippen LogP contribution in [-0.2, 0) is 5.60 Å². The Morgan fingerprint density at radius 1 is 1.43 bits per heavy atom. The van der Waals surface area contributed by atoms with Crippen LogP contribution in [0.2, 0.25) is 0 Å². The zero-order valence-corrected chi connectivity index (χ0v) is 9.12. The fourth-order valence-electron chi connectivity index (χ4n) is 1.74. The molecule has 0 fully saturated rings. The van der Waals surface area contributed by atoms with Crippen LogP contribution >= 0.6 is 0 Å². The van der Waals surface area contributed by atoms with Crippen molar-refractivity contribution in [2.24, 2.45) is 5.73 Å². The molecule has 0 aromatic heterocycles. The van der Waals surface area contributed by atoms with E-state index in [0.29, 0.717) is 0 Å². The quantitative estimate of drug-likeness (QED) is 0.770. The van der Waals surface area contributed by atoms with Gasteiger partial charge in [0.2, 0.25) is 0 Å². The van der Waals surface area contributed by atoms with Crippen LogP contribution in [0.4, 0.5) is 0 Å². The summed E-state index contributed by atoms with van der Waals surface area (Å²) in [6.07, 6.45) is 0.765. The number of nitrogens with two attached hydrogens (primary N) is 1. The van der Waals surface area contributed by atoms with Gasteiger partial charge in [-0.3, -0.25) is 0 Å². The first-order chi connectivity index (χ1) is 6.50. The maximum absolute atomic E-state index is 10.3. The summed E-state index contributed by atoms with van der Waals surface area (Å²) in [6.45, 7) is 5.76. The SMILES string of the molecule is CCC(N)C(C)(O)c1ccccc1C. The van der Waals surface area contributed by atoms with Crippen LogP contribution in [0, 0.1) is 6.92 Å². The van der Waals surface area contributed by atoms with Gasteiger partial charge < -0.3 is 10.8 Å². The highest BCUT2D eigenvalue weighted by molar-refractivity contribution is 5.31. The molecule has 1 rings (SSSR count). The van der Waals surface area contributed by atoms with E-state index < -0.39 is 5.60 Å². The second-order valence-electron chi connectivity index (χ2n) is 3.98. The van der Waals surface area contributed by atoms with Crippen LogP contribution in [-0.4, -0.2) is 11.1 Å². The number of benzene rings is 1. The lowest BCUT2D eigenvalue weighted by molar-refractivity contribution is 0.0271. The van der Waals surface area contributed by atoms with Crippen molar-refractivity contribution >= 4 is 0 Å². The molecule has 1 aromatic carbocycles. The Morgan fingerprint density at radius 2 is 2.00 bits per heavy atom. The Balaban J connectivity index is 3.09. The molecule has 0 aliphatic carbocycles. The number of aryl methyl sites for hydroxylation is 1. The van der Waals surface area contributed by atoms with Gasteiger partial charge in [0.25, 0.3) is 0 Å². The average molecular weight is 193 g/mol. The summed E-state index contributed by atoms with van der Waals surface area (Å²) in [5.74, 6) is 0. The summed E-state index contributed by atoms with van der Waals surface area (Å²) in [4.78, 5) is 0. The van der Waals surface area contributed by atoms with Gasteiger partial charge in [-0.1, -0.05) is 31.2 Å². The van der Waals surface area contributed by atoms with E-state index in [1.54, 1.807) is 6.92 Å². The molecule has 78 valence electrons. The molecule has 2 nitrogen and oxygen atoms in total. The van der Waals surface area contributed by atoms with Crippen molar-refractivity contribution in [3.8, 4) is 0 Å². The van der Waals surface area contributed by atoms with Crippen molar-refractivity contribution in [2.45, 2.75) is 38.8 Å². The lowest BCUT2D eigenvalue weighted by atomic mass is 9.85. The molecule has 1 aromatic rings. The molecule has 3 N–H and O–H groups in total. The monoisotopic (exact) mass is 193 g/mol. The third kappa shape index (κ3) is 1.97. The van der Waals surface area contributed by atoms with E-state index in [9.17, 15) is 5.11 Å². The average Bonchev–Trinajstić information content (AvgIpc) is 2.17. The van der Waals surface area contributed by atoms with Crippen molar-refractivity contribution in [2.75, 3.05) is 0 Å². The fraction of sp³-hybridized carbons (Fsp3) is 0.500. The summed E-state index contributed by atoms with van der Waals surface area (Å²) in [5, 5.41) is 10.3. The molecular formula is C12H19NO. The summed E-state index contributed by atoms with van der Waals surface area (Å²) < 4.78 is 0. The van der Waals surface area contributed by atoms with E-state index in [-0.39, 0.29) is 6.04 Å². The topological polar surface area (TPSA) is 46.2 Å². The molecule has 0 saturated carbocycles. The van der Waals surface area contributed by atoms with E-state index in [4.69, 9.17) is 5.73 Å². The van der Waals surface area contributed by atoms with Gasteiger partial charge >= 0.3 is 0 Å². The Labute approximate surface area is 85.8 Å². The van der Waals surface area contributed by atoms with Gasteiger partial charge in [0.1, 0.15) is 5.60 Å². The molecule has 0 bridgehead atoms. The molecule has 2 heteroatoms. The van der Waals surface area contributed by atoms with Crippen LogP contribution in [0.15, 0.2) is 24.3 Å². The molecule has 2 atom stereocenters. The molecule has 0 amide bonds. The Morgan fingerprint density at radius 3 is 2.50 bits per heavy atom. The number of hydrogen-bond acceptors (Lipinski definition) is 2. The maximum Gasteiger partial charge on any atom is 0.102 e. The van der Waals surface area contributed by atoms with Crippen LogP contribution in [0.5, 0.6) is 0 Å². The fourth-order valence-corrected chi connectivity index (χ4v) is 1.74. The number of aliphatic hydroxyl groups is 1. The summed E-state index contributed by atoms with van der Waals surface area (Å²) in [7, 11) is 0. The standard InChI is InChI=1S/C12H19NO/c1-4-11(13)12(3,14)10-8-6-5-7-9(10)2/h5-8,11,14H,4,13H2,1-3H3. The highest BCUT2D eigenvalue weighted by Gasteiger charge is 2.30. The minimum Gasteiger partial charge on any atom is -0.384 e. The first kappa shape index (κ1) is 11.2. The normalized spacial score (nSPS) is 17.5. The smallest absolute Gasteiger partial charge is 0.102 e. The Hall–Kier alpha value is -0.860. The summed E-state index contributed by atoms with van der Waals surface area (Å²) >= 11 is 0. The van der Waals surface area contributed by atoms with Gasteiger partial charge in [0.15, 0.2) is 0 Å². The molecule has 0 aliphatic rings. The zero-order chi connectivity index (χ0) is 10.8. The van der Waals surface area contributed by atoms with Crippen LogP contribution in [0.1, 0.15) is 31.4 Å². The lowest BCUT2D eigenvalue weighted by Crippen LogP contribution is -2.43. The van der Waals surface area contributed by atoms with Gasteiger partial charge in [0, 0.05) is 6.04 Å². The second-order valence-corrected chi connectivity index (χ2v) is 3.98. The minimum absolute atomic E-state index is 0.219. The molecule has 14 heavy (non-hydrogen) atoms. The molecule has 0 heterocycles. The molecule has 0 aliphatic heterocycles. The highest BCUT2D eigenvalue weighted by atomic mass is 16.3. The summed E-state index contributed by atoms with van der Waals surface area (Å²) in [6, 6.07) is 7.60. The van der Waals surface area contributed by atoms with Gasteiger partial charge in [0.05, 0.1) is 0 Å². The highest BCUT2D eigenvalue weighted by Crippen LogP contribution is 2.27. The van der Waals surface area contributed by atoms with E-state index in [1.165, 1.54) is 0 Å². The first-order valence-corrected chi connectivity index (χ1v) is 5.04. The van der Waals surface area contributed by atoms with Crippen molar-refractivity contribution in [1.29, 1.82) is 0 Å². The molecular weight excluding hydrogens is 174 g/mol. The minimum atomic E-state index is -0.930. The van der Waals surface area contributed by atoms with E-state index in [1.807, 2.05) is 38.1 Å². The van der Waals surface area contributed by atoms with E-state index in [0.717, 1.165) is 17.5 Å². The molecule has 2 unspecified atom stereocenters. The third-order valence-electron chi connectivity index (χ3n) is 2.85. The number of rotatable bonds is 3. The Kier molecular flexibility index (Phi) is 3.29. The first-order valence-electron chi connectivity index (χ1n) is 5.04. The zero-order valence-electron chi connectivity index (χ0n) is 9.12. The van der Waals surface area contributed by atoms with Crippen molar-refractivity contribution in [3.63, 3.8) is 0 Å². The van der Waals surface area contributed by atoms with Crippen molar-refractivity contribution in [3.05, 3.63) is 35.4 Å². The van der Waals surface area contributed by atoms with E-state index >= 15 is 0 Å². The van der Waals surface area contributed by atoms with Crippen LogP contribution < -0.4 is 5.73 Å². The van der Waals surface area contributed by atoms with Crippen molar-refractivity contribution < 1.29 is 5.11 Å². The van der Waals surface area contributed by atoms with Crippen LogP contribution in [0.3, 0.4) is 0 Å². The Bertz CT molecular complexity index is 307. The predicted molar refractivity (Wildman–Crippen MR) is 59.0 cm³/mol. The predicted octanol–water partition coefficient (Wildman–Crippen LogP) is 1.94. The van der Waals surface area contributed by atoms with Crippen molar-refractivity contribution in [1.82, 2.24) is 0 Å². The largest absolute Gasteiger partial charge is 0.384 e. The molecule has 0 radical (unpaired) electrons. The van der Waals surface area contributed by atoms with Gasteiger partial charge in [-0.05, 0) is 31.4 Å².